The summed E-state index contributed by atoms with van der Waals surface area (Å²) < 4.78 is 24.6. The van der Waals surface area contributed by atoms with Crippen LogP contribution in [-0.2, 0) is 9.53 Å². The topological polar surface area (TPSA) is 61.5 Å². The smallest absolute Gasteiger partial charge is 0.340 e. The van der Waals surface area contributed by atoms with Crippen LogP contribution in [0.3, 0.4) is 0 Å². The van der Waals surface area contributed by atoms with Crippen LogP contribution in [0.15, 0.2) is 66.1 Å². The number of carbonyl (C=O) groups excluding carboxylic acids is 1. The van der Waals surface area contributed by atoms with Gasteiger partial charge < -0.3 is 15.2 Å². The third-order valence-corrected chi connectivity index (χ3v) is 5.06. The lowest BCUT2D eigenvalue weighted by atomic mass is 9.82. The van der Waals surface area contributed by atoms with E-state index in [1.807, 2.05) is 24.3 Å². The van der Waals surface area contributed by atoms with E-state index in [1.165, 1.54) is 12.1 Å². The second kappa shape index (κ2) is 7.17. The lowest BCUT2D eigenvalue weighted by molar-refractivity contribution is -0.139. The Kier molecular flexibility index (Phi) is 4.69. The number of esters is 1. The number of nitrogens with two attached hydrogens (primary N) is 1. The normalized spacial score (nSPS) is 15.9. The van der Waals surface area contributed by atoms with Gasteiger partial charge in [0.2, 0.25) is 5.88 Å². The highest BCUT2D eigenvalue weighted by Crippen LogP contribution is 2.47. The minimum atomic E-state index is -0.592. The summed E-state index contributed by atoms with van der Waals surface area (Å²) in [4.78, 5) is 12.7. The summed E-state index contributed by atoms with van der Waals surface area (Å²) in [6.07, 6.45) is 0. The summed E-state index contributed by atoms with van der Waals surface area (Å²) in [5.41, 5.74) is 7.69. The molecule has 142 valence electrons. The zero-order valence-corrected chi connectivity index (χ0v) is 15.8. The molecule has 1 aliphatic rings. The molecule has 0 aliphatic carbocycles. The van der Waals surface area contributed by atoms with Gasteiger partial charge in [-0.1, -0.05) is 48.0 Å². The van der Waals surface area contributed by atoms with Crippen molar-refractivity contribution in [3.63, 3.8) is 0 Å². The lowest BCUT2D eigenvalue weighted by Gasteiger charge is -2.29. The Morgan fingerprint density at radius 1 is 1.18 bits per heavy atom. The molecule has 0 fully saturated rings. The second-order valence-electron chi connectivity index (χ2n) is 6.41. The van der Waals surface area contributed by atoms with Crippen molar-refractivity contribution >= 4 is 28.3 Å². The number of benzene rings is 3. The maximum absolute atomic E-state index is 13.5. The van der Waals surface area contributed by atoms with Crippen LogP contribution in [0.1, 0.15) is 24.0 Å². The molecular formula is C22H17ClFNO3. The van der Waals surface area contributed by atoms with Crippen LogP contribution in [0, 0.1) is 5.82 Å². The highest BCUT2D eigenvalue weighted by atomic mass is 35.5. The largest absolute Gasteiger partial charge is 0.462 e. The van der Waals surface area contributed by atoms with Crippen molar-refractivity contribution < 1.29 is 18.7 Å². The highest BCUT2D eigenvalue weighted by Gasteiger charge is 2.36. The van der Waals surface area contributed by atoms with Gasteiger partial charge in [0, 0.05) is 21.4 Å². The van der Waals surface area contributed by atoms with Crippen molar-refractivity contribution in [3.8, 4) is 5.75 Å². The number of ether oxygens (including phenoxy) is 2. The van der Waals surface area contributed by atoms with Gasteiger partial charge in [0.05, 0.1) is 12.5 Å². The highest BCUT2D eigenvalue weighted by molar-refractivity contribution is 6.36. The van der Waals surface area contributed by atoms with E-state index in [0.717, 1.165) is 10.8 Å². The molecule has 3 aromatic rings. The molecular weight excluding hydrogens is 381 g/mol. The van der Waals surface area contributed by atoms with Crippen LogP contribution >= 0.6 is 11.6 Å². The fraction of sp³-hybridized carbons (Fsp3) is 0.136. The van der Waals surface area contributed by atoms with Gasteiger partial charge in [0.1, 0.15) is 17.1 Å². The molecule has 4 nitrogen and oxygen atoms in total. The van der Waals surface area contributed by atoms with Crippen LogP contribution in [0.4, 0.5) is 4.39 Å². The first-order valence-electron chi connectivity index (χ1n) is 8.82. The number of fused-ring (bicyclic) bond motifs is 3. The molecule has 0 spiro atoms. The minimum absolute atomic E-state index is 0.0345. The first-order chi connectivity index (χ1) is 13.5. The van der Waals surface area contributed by atoms with E-state index in [2.05, 4.69) is 0 Å². The molecule has 1 aliphatic heterocycles. The van der Waals surface area contributed by atoms with Crippen molar-refractivity contribution in [2.45, 2.75) is 12.8 Å². The van der Waals surface area contributed by atoms with Gasteiger partial charge in [-0.3, -0.25) is 0 Å². The quantitative estimate of drug-likeness (QED) is 0.639. The Morgan fingerprint density at radius 3 is 2.54 bits per heavy atom. The first-order valence-corrected chi connectivity index (χ1v) is 9.20. The molecule has 6 heteroatoms. The maximum atomic E-state index is 13.5. The Balaban J connectivity index is 2.01. The van der Waals surface area contributed by atoms with E-state index < -0.39 is 11.9 Å². The standard InChI is InChI=1S/C22H17ClFNO3/c1-2-27-22(26)19-18(12-7-9-13(24)10-8-12)16-11-17(23)14-5-3-4-6-15(14)20(16)28-21(19)25/h3-11,18H,2,25H2,1H3/t18-/m0/s1. The number of hydrogen-bond acceptors (Lipinski definition) is 4. The summed E-state index contributed by atoms with van der Waals surface area (Å²) in [5, 5.41) is 2.12. The van der Waals surface area contributed by atoms with Gasteiger partial charge >= 0.3 is 5.97 Å². The van der Waals surface area contributed by atoms with Crippen LogP contribution < -0.4 is 10.5 Å². The molecule has 0 amide bonds. The average Bonchev–Trinajstić information content (AvgIpc) is 2.69. The maximum Gasteiger partial charge on any atom is 0.340 e. The Bertz CT molecular complexity index is 1110. The van der Waals surface area contributed by atoms with E-state index in [-0.39, 0.29) is 23.9 Å². The molecule has 28 heavy (non-hydrogen) atoms. The Morgan fingerprint density at radius 2 is 1.86 bits per heavy atom. The molecule has 0 unspecified atom stereocenters. The Labute approximate surface area is 166 Å². The molecule has 0 saturated carbocycles. The SMILES string of the molecule is CCOC(=O)C1=C(N)Oc2c(cc(Cl)c3ccccc23)[C@@H]1c1ccc(F)cc1. The minimum Gasteiger partial charge on any atom is -0.462 e. The van der Waals surface area contributed by atoms with Gasteiger partial charge in [-0.15, -0.1) is 0 Å². The van der Waals surface area contributed by atoms with Crippen molar-refractivity contribution in [2.24, 2.45) is 5.73 Å². The van der Waals surface area contributed by atoms with Crippen LogP contribution in [0.5, 0.6) is 5.75 Å². The lowest BCUT2D eigenvalue weighted by Crippen LogP contribution is -2.27. The van der Waals surface area contributed by atoms with Crippen molar-refractivity contribution in [1.82, 2.24) is 0 Å². The zero-order chi connectivity index (χ0) is 19.8. The van der Waals surface area contributed by atoms with E-state index in [4.69, 9.17) is 26.8 Å². The molecule has 1 heterocycles. The summed E-state index contributed by atoms with van der Waals surface area (Å²) >= 11 is 6.52. The number of hydrogen-bond donors (Lipinski definition) is 1. The molecule has 0 radical (unpaired) electrons. The van der Waals surface area contributed by atoms with Crippen molar-refractivity contribution in [1.29, 1.82) is 0 Å². The second-order valence-corrected chi connectivity index (χ2v) is 6.81. The molecule has 1 atom stereocenters. The van der Waals surface area contributed by atoms with Gasteiger partial charge in [0.25, 0.3) is 0 Å². The van der Waals surface area contributed by atoms with Gasteiger partial charge in [-0.2, -0.15) is 0 Å². The summed E-state index contributed by atoms with van der Waals surface area (Å²) in [6, 6.07) is 15.2. The molecule has 0 aromatic heterocycles. The molecule has 4 rings (SSSR count). The van der Waals surface area contributed by atoms with E-state index >= 15 is 0 Å². The predicted molar refractivity (Wildman–Crippen MR) is 106 cm³/mol. The van der Waals surface area contributed by atoms with Crippen LogP contribution in [-0.4, -0.2) is 12.6 Å². The van der Waals surface area contributed by atoms with Crippen molar-refractivity contribution in [2.75, 3.05) is 6.61 Å². The molecule has 0 bridgehead atoms. The zero-order valence-electron chi connectivity index (χ0n) is 15.0. The van der Waals surface area contributed by atoms with Gasteiger partial charge in [-0.05, 0) is 30.7 Å². The van der Waals surface area contributed by atoms with Crippen LogP contribution in [0.25, 0.3) is 10.8 Å². The first kappa shape index (κ1) is 18.3. The number of halogens is 2. The predicted octanol–water partition coefficient (Wildman–Crippen LogP) is 4.89. The third-order valence-electron chi connectivity index (χ3n) is 4.75. The fourth-order valence-electron chi connectivity index (χ4n) is 3.54. The van der Waals surface area contributed by atoms with Gasteiger partial charge in [0.15, 0.2) is 0 Å². The van der Waals surface area contributed by atoms with E-state index in [1.54, 1.807) is 25.1 Å². The summed E-state index contributed by atoms with van der Waals surface area (Å²) in [5.74, 6) is -1.05. The van der Waals surface area contributed by atoms with Gasteiger partial charge in [-0.25, -0.2) is 9.18 Å². The Hall–Kier alpha value is -3.05. The van der Waals surface area contributed by atoms with Crippen LogP contribution in [0.2, 0.25) is 5.02 Å². The number of carbonyl (C=O) groups is 1. The molecule has 2 N–H and O–H groups in total. The third kappa shape index (κ3) is 2.98. The van der Waals surface area contributed by atoms with E-state index in [9.17, 15) is 9.18 Å². The molecule has 0 saturated heterocycles. The summed E-state index contributed by atoms with van der Waals surface area (Å²) in [6.45, 7) is 1.90. The molecule has 3 aromatic carbocycles. The monoisotopic (exact) mass is 397 g/mol. The number of rotatable bonds is 3. The van der Waals surface area contributed by atoms with E-state index in [0.29, 0.717) is 21.9 Å². The fourth-order valence-corrected chi connectivity index (χ4v) is 3.83. The average molecular weight is 398 g/mol. The summed E-state index contributed by atoms with van der Waals surface area (Å²) in [7, 11) is 0. The van der Waals surface area contributed by atoms with Crippen molar-refractivity contribution in [3.05, 3.63) is 88.0 Å².